The molecule has 17 heavy (non-hydrogen) atoms. The van der Waals surface area contributed by atoms with Crippen molar-refractivity contribution in [3.63, 3.8) is 0 Å². The monoisotopic (exact) mass is 246 g/mol. The molecule has 1 aliphatic heterocycles. The van der Waals surface area contributed by atoms with E-state index in [1.807, 2.05) is 17.8 Å². The van der Waals surface area contributed by atoms with Crippen molar-refractivity contribution >= 4 is 23.4 Å². The van der Waals surface area contributed by atoms with Gasteiger partial charge in [-0.2, -0.15) is 17.0 Å². The van der Waals surface area contributed by atoms with E-state index in [1.165, 1.54) is 0 Å². The minimum atomic E-state index is 0.0762. The summed E-state index contributed by atoms with van der Waals surface area (Å²) in [4.78, 5) is 12.0. The summed E-state index contributed by atoms with van der Waals surface area (Å²) in [7, 11) is 0. The van der Waals surface area contributed by atoms with Gasteiger partial charge in [0.05, 0.1) is 11.6 Å². The molecule has 1 amide bonds. The van der Waals surface area contributed by atoms with E-state index >= 15 is 0 Å². The quantitative estimate of drug-likeness (QED) is 0.872. The number of benzene rings is 1. The molecule has 0 saturated carbocycles. The van der Waals surface area contributed by atoms with Gasteiger partial charge >= 0.3 is 0 Å². The van der Waals surface area contributed by atoms with Gasteiger partial charge in [-0.15, -0.1) is 0 Å². The lowest BCUT2D eigenvalue weighted by atomic mass is 10.0. The molecule has 0 radical (unpaired) electrons. The average molecular weight is 246 g/mol. The molecule has 0 bridgehead atoms. The Morgan fingerprint density at radius 1 is 1.53 bits per heavy atom. The normalized spacial score (nSPS) is 19.4. The van der Waals surface area contributed by atoms with Crippen molar-refractivity contribution in [2.75, 3.05) is 16.8 Å². The van der Waals surface area contributed by atoms with Crippen molar-refractivity contribution in [3.8, 4) is 6.07 Å². The van der Waals surface area contributed by atoms with Crippen molar-refractivity contribution in [2.45, 2.75) is 12.8 Å². The van der Waals surface area contributed by atoms with E-state index < -0.39 is 0 Å². The zero-order chi connectivity index (χ0) is 12.1. The number of nitrogens with one attached hydrogen (secondary N) is 1. The van der Waals surface area contributed by atoms with Crippen LogP contribution in [0.1, 0.15) is 18.4 Å². The number of hydrogen-bond acceptors (Lipinski definition) is 3. The predicted molar refractivity (Wildman–Crippen MR) is 69.8 cm³/mol. The Morgan fingerprint density at radius 3 is 3.12 bits per heavy atom. The Kier molecular flexibility index (Phi) is 4.05. The molecule has 1 saturated heterocycles. The van der Waals surface area contributed by atoms with E-state index in [2.05, 4.69) is 11.4 Å². The second kappa shape index (κ2) is 5.74. The lowest BCUT2D eigenvalue weighted by Crippen LogP contribution is -2.27. The van der Waals surface area contributed by atoms with Gasteiger partial charge in [-0.05, 0) is 36.8 Å². The summed E-state index contributed by atoms with van der Waals surface area (Å²) in [5, 5.41) is 11.7. The number of thioether (sulfide) groups is 1. The average Bonchev–Trinajstić information content (AvgIpc) is 2.40. The molecule has 1 aliphatic rings. The summed E-state index contributed by atoms with van der Waals surface area (Å²) in [5.74, 6) is 2.25. The molecule has 1 fully saturated rings. The molecule has 2 rings (SSSR count). The predicted octanol–water partition coefficient (Wildman–Crippen LogP) is 2.64. The molecule has 88 valence electrons. The van der Waals surface area contributed by atoms with Crippen LogP contribution in [0.15, 0.2) is 24.3 Å². The number of carbonyl (C=O) groups is 1. The van der Waals surface area contributed by atoms with Crippen LogP contribution in [0, 0.1) is 17.2 Å². The van der Waals surface area contributed by atoms with Gasteiger partial charge in [0.1, 0.15) is 0 Å². The molecule has 0 aliphatic carbocycles. The fourth-order valence-electron chi connectivity index (χ4n) is 1.86. The summed E-state index contributed by atoms with van der Waals surface area (Å²) >= 11 is 1.84. The summed E-state index contributed by atoms with van der Waals surface area (Å²) in [6.45, 7) is 0. The van der Waals surface area contributed by atoms with Crippen LogP contribution < -0.4 is 5.32 Å². The minimum Gasteiger partial charge on any atom is -0.326 e. The highest BCUT2D eigenvalue weighted by atomic mass is 32.2. The standard InChI is InChI=1S/C13H14N2OS/c14-8-10-3-1-5-12(7-10)15-13(16)11-4-2-6-17-9-11/h1,3,5,7,11H,2,4,6,9H2,(H,15,16). The number of carbonyl (C=O) groups excluding carboxylic acids is 1. The molecule has 1 unspecified atom stereocenters. The summed E-state index contributed by atoms with van der Waals surface area (Å²) < 4.78 is 0. The van der Waals surface area contributed by atoms with Gasteiger partial charge in [-0.1, -0.05) is 6.07 Å². The van der Waals surface area contributed by atoms with E-state index in [4.69, 9.17) is 5.26 Å². The molecule has 1 N–H and O–H groups in total. The maximum atomic E-state index is 12.0. The van der Waals surface area contributed by atoms with E-state index in [-0.39, 0.29) is 11.8 Å². The Labute approximate surface area is 105 Å². The van der Waals surface area contributed by atoms with Gasteiger partial charge in [-0.25, -0.2) is 0 Å². The van der Waals surface area contributed by atoms with E-state index in [9.17, 15) is 4.79 Å². The van der Waals surface area contributed by atoms with Gasteiger partial charge in [0, 0.05) is 17.4 Å². The van der Waals surface area contributed by atoms with Crippen molar-refractivity contribution in [2.24, 2.45) is 5.92 Å². The van der Waals surface area contributed by atoms with Crippen LogP contribution in [0.4, 0.5) is 5.69 Å². The SMILES string of the molecule is N#Cc1cccc(NC(=O)C2CCCSC2)c1. The van der Waals surface area contributed by atoms with Crippen molar-refractivity contribution in [1.29, 1.82) is 5.26 Å². The van der Waals surface area contributed by atoms with Crippen LogP contribution in [0.3, 0.4) is 0 Å². The third-order valence-corrected chi connectivity index (χ3v) is 4.01. The van der Waals surface area contributed by atoms with Gasteiger partial charge in [0.25, 0.3) is 0 Å². The Balaban J connectivity index is 1.99. The highest BCUT2D eigenvalue weighted by molar-refractivity contribution is 7.99. The first-order valence-electron chi connectivity index (χ1n) is 5.68. The van der Waals surface area contributed by atoms with E-state index in [0.717, 1.165) is 24.3 Å². The lowest BCUT2D eigenvalue weighted by Gasteiger charge is -2.20. The molecular weight excluding hydrogens is 232 g/mol. The second-order valence-electron chi connectivity index (χ2n) is 4.10. The highest BCUT2D eigenvalue weighted by Crippen LogP contribution is 2.24. The number of rotatable bonds is 2. The maximum Gasteiger partial charge on any atom is 0.228 e. The molecule has 0 spiro atoms. The number of hydrogen-bond donors (Lipinski definition) is 1. The second-order valence-corrected chi connectivity index (χ2v) is 5.25. The van der Waals surface area contributed by atoms with Crippen LogP contribution >= 0.6 is 11.8 Å². The van der Waals surface area contributed by atoms with Crippen molar-refractivity contribution < 1.29 is 4.79 Å². The number of nitriles is 1. The number of nitrogens with zero attached hydrogens (tertiary/aromatic N) is 1. The zero-order valence-electron chi connectivity index (χ0n) is 9.48. The molecule has 4 heteroatoms. The molecule has 1 aromatic carbocycles. The molecule has 1 heterocycles. The van der Waals surface area contributed by atoms with Crippen LogP contribution in [-0.4, -0.2) is 17.4 Å². The third kappa shape index (κ3) is 3.24. The van der Waals surface area contributed by atoms with Gasteiger partial charge in [-0.3, -0.25) is 4.79 Å². The van der Waals surface area contributed by atoms with Crippen LogP contribution in [0.5, 0.6) is 0 Å². The first-order chi connectivity index (χ1) is 8.29. The smallest absolute Gasteiger partial charge is 0.228 e. The number of amides is 1. The molecule has 3 nitrogen and oxygen atoms in total. The fraction of sp³-hybridized carbons (Fsp3) is 0.385. The third-order valence-electron chi connectivity index (χ3n) is 2.79. The fourth-order valence-corrected chi connectivity index (χ4v) is 3.00. The lowest BCUT2D eigenvalue weighted by molar-refractivity contribution is -0.119. The van der Waals surface area contributed by atoms with Crippen molar-refractivity contribution in [3.05, 3.63) is 29.8 Å². The first-order valence-corrected chi connectivity index (χ1v) is 6.84. The summed E-state index contributed by atoms with van der Waals surface area (Å²) in [6.07, 6.45) is 2.08. The van der Waals surface area contributed by atoms with Crippen LogP contribution in [0.25, 0.3) is 0 Å². The summed E-state index contributed by atoms with van der Waals surface area (Å²) in [6, 6.07) is 9.09. The highest BCUT2D eigenvalue weighted by Gasteiger charge is 2.21. The van der Waals surface area contributed by atoms with E-state index in [0.29, 0.717) is 11.3 Å². The largest absolute Gasteiger partial charge is 0.326 e. The molecule has 0 aromatic heterocycles. The minimum absolute atomic E-state index is 0.0762. The molecule has 1 aromatic rings. The Bertz CT molecular complexity index is 447. The summed E-state index contributed by atoms with van der Waals surface area (Å²) in [5.41, 5.74) is 1.28. The number of anilines is 1. The molecular formula is C13H14N2OS. The van der Waals surface area contributed by atoms with E-state index in [1.54, 1.807) is 18.2 Å². The zero-order valence-corrected chi connectivity index (χ0v) is 10.3. The first kappa shape index (κ1) is 12.0. The van der Waals surface area contributed by atoms with Crippen LogP contribution in [0.2, 0.25) is 0 Å². The Morgan fingerprint density at radius 2 is 2.41 bits per heavy atom. The topological polar surface area (TPSA) is 52.9 Å². The maximum absolute atomic E-state index is 12.0. The molecule has 1 atom stereocenters. The van der Waals surface area contributed by atoms with Gasteiger partial charge < -0.3 is 5.32 Å². The Hall–Kier alpha value is -1.47. The van der Waals surface area contributed by atoms with Gasteiger partial charge in [0.15, 0.2) is 0 Å². The van der Waals surface area contributed by atoms with Gasteiger partial charge in [0.2, 0.25) is 5.91 Å². The van der Waals surface area contributed by atoms with Crippen LogP contribution in [-0.2, 0) is 4.79 Å². The van der Waals surface area contributed by atoms with Crippen molar-refractivity contribution in [1.82, 2.24) is 0 Å².